The SMILES string of the molecule is Cc1ccc(OCC(=O)Nc2nnc(CCN3C(=O)c4ccccc4C3=O)s2)cc1C. The second kappa shape index (κ2) is 8.65. The van der Waals surface area contributed by atoms with Crippen molar-refractivity contribution < 1.29 is 19.1 Å². The van der Waals surface area contributed by atoms with Gasteiger partial charge in [0.15, 0.2) is 6.61 Å². The fraction of sp³-hybridized carbons (Fsp3) is 0.227. The van der Waals surface area contributed by atoms with Gasteiger partial charge in [-0.3, -0.25) is 24.6 Å². The molecular weight excluding hydrogens is 416 g/mol. The molecule has 1 aliphatic heterocycles. The highest BCUT2D eigenvalue weighted by molar-refractivity contribution is 7.15. The maximum absolute atomic E-state index is 12.4. The Labute approximate surface area is 182 Å². The van der Waals surface area contributed by atoms with Crippen molar-refractivity contribution in [3.05, 3.63) is 69.7 Å². The molecule has 0 atom stereocenters. The van der Waals surface area contributed by atoms with Gasteiger partial charge in [-0.05, 0) is 49.2 Å². The van der Waals surface area contributed by atoms with Crippen LogP contribution in [0.15, 0.2) is 42.5 Å². The van der Waals surface area contributed by atoms with Crippen molar-refractivity contribution >= 4 is 34.2 Å². The molecule has 3 aromatic rings. The van der Waals surface area contributed by atoms with Crippen LogP contribution >= 0.6 is 11.3 Å². The van der Waals surface area contributed by atoms with Crippen molar-refractivity contribution in [1.29, 1.82) is 0 Å². The highest BCUT2D eigenvalue weighted by Crippen LogP contribution is 2.23. The third-order valence-electron chi connectivity index (χ3n) is 4.99. The molecular formula is C22H20N4O4S. The number of anilines is 1. The van der Waals surface area contributed by atoms with Gasteiger partial charge in [-0.25, -0.2) is 0 Å². The first kappa shape index (κ1) is 20.7. The van der Waals surface area contributed by atoms with E-state index in [1.165, 1.54) is 16.2 Å². The summed E-state index contributed by atoms with van der Waals surface area (Å²) < 4.78 is 5.51. The molecule has 2 aromatic carbocycles. The third-order valence-corrected chi connectivity index (χ3v) is 5.89. The van der Waals surface area contributed by atoms with Gasteiger partial charge in [-0.15, -0.1) is 10.2 Å². The summed E-state index contributed by atoms with van der Waals surface area (Å²) in [5, 5.41) is 11.6. The summed E-state index contributed by atoms with van der Waals surface area (Å²) in [6.45, 7) is 4.04. The molecule has 8 nitrogen and oxygen atoms in total. The van der Waals surface area contributed by atoms with Crippen LogP contribution in [-0.2, 0) is 11.2 Å². The Balaban J connectivity index is 1.28. The molecule has 0 saturated heterocycles. The molecule has 158 valence electrons. The van der Waals surface area contributed by atoms with Gasteiger partial charge in [0.05, 0.1) is 11.1 Å². The number of aryl methyl sites for hydroxylation is 2. The lowest BCUT2D eigenvalue weighted by Gasteiger charge is -2.12. The summed E-state index contributed by atoms with van der Waals surface area (Å²) >= 11 is 1.20. The van der Waals surface area contributed by atoms with E-state index in [9.17, 15) is 14.4 Å². The van der Waals surface area contributed by atoms with Crippen molar-refractivity contribution in [3.63, 3.8) is 0 Å². The van der Waals surface area contributed by atoms with Crippen LogP contribution in [0.3, 0.4) is 0 Å². The van der Waals surface area contributed by atoms with Gasteiger partial charge in [0.2, 0.25) is 5.13 Å². The van der Waals surface area contributed by atoms with Gasteiger partial charge < -0.3 is 4.74 Å². The molecule has 0 bridgehead atoms. The largest absolute Gasteiger partial charge is 0.484 e. The van der Waals surface area contributed by atoms with E-state index in [-0.39, 0.29) is 30.9 Å². The number of benzene rings is 2. The molecule has 2 heterocycles. The van der Waals surface area contributed by atoms with E-state index >= 15 is 0 Å². The Morgan fingerprint density at radius 3 is 2.42 bits per heavy atom. The lowest BCUT2D eigenvalue weighted by atomic mass is 10.1. The van der Waals surface area contributed by atoms with Crippen molar-refractivity contribution in [1.82, 2.24) is 15.1 Å². The van der Waals surface area contributed by atoms with Gasteiger partial charge in [0.25, 0.3) is 17.7 Å². The summed E-state index contributed by atoms with van der Waals surface area (Å²) in [5.41, 5.74) is 3.08. The van der Waals surface area contributed by atoms with E-state index in [4.69, 9.17) is 4.74 Å². The summed E-state index contributed by atoms with van der Waals surface area (Å²) in [6.07, 6.45) is 0.359. The van der Waals surface area contributed by atoms with Crippen LogP contribution in [-0.4, -0.2) is 46.0 Å². The molecule has 1 N–H and O–H groups in total. The number of nitrogens with one attached hydrogen (secondary N) is 1. The molecule has 0 unspecified atom stereocenters. The second-order valence-corrected chi connectivity index (χ2v) is 8.20. The minimum atomic E-state index is -0.346. The van der Waals surface area contributed by atoms with Crippen LogP contribution in [0.4, 0.5) is 5.13 Å². The molecule has 4 rings (SSSR count). The van der Waals surface area contributed by atoms with Gasteiger partial charge in [-0.2, -0.15) is 0 Å². The maximum atomic E-state index is 12.4. The molecule has 1 aliphatic rings. The number of amides is 3. The number of hydrogen-bond donors (Lipinski definition) is 1. The van der Waals surface area contributed by atoms with Crippen LogP contribution in [0.25, 0.3) is 0 Å². The first-order valence-corrected chi connectivity index (χ1v) is 10.5. The summed E-state index contributed by atoms with van der Waals surface area (Å²) in [4.78, 5) is 38.2. The molecule has 0 radical (unpaired) electrons. The number of nitrogens with zero attached hydrogens (tertiary/aromatic N) is 3. The van der Waals surface area contributed by atoms with Crippen molar-refractivity contribution in [3.8, 4) is 5.75 Å². The quantitative estimate of drug-likeness (QED) is 0.572. The third kappa shape index (κ3) is 4.46. The number of rotatable bonds is 7. The first-order chi connectivity index (χ1) is 14.9. The molecule has 31 heavy (non-hydrogen) atoms. The Morgan fingerprint density at radius 2 is 1.74 bits per heavy atom. The van der Waals surface area contributed by atoms with Crippen molar-refractivity contribution in [2.75, 3.05) is 18.5 Å². The normalized spacial score (nSPS) is 12.8. The number of fused-ring (bicyclic) bond motifs is 1. The predicted molar refractivity (Wildman–Crippen MR) is 115 cm³/mol. The summed E-state index contributed by atoms with van der Waals surface area (Å²) in [7, 11) is 0. The van der Waals surface area contributed by atoms with Crippen LogP contribution in [0.1, 0.15) is 36.9 Å². The van der Waals surface area contributed by atoms with Crippen molar-refractivity contribution in [2.24, 2.45) is 0 Å². The monoisotopic (exact) mass is 436 g/mol. The van der Waals surface area contributed by atoms with E-state index in [0.29, 0.717) is 33.4 Å². The molecule has 1 aromatic heterocycles. The average Bonchev–Trinajstić information content (AvgIpc) is 3.30. The number of ether oxygens (including phenoxy) is 1. The Morgan fingerprint density at radius 1 is 1.03 bits per heavy atom. The molecule has 9 heteroatoms. The molecule has 3 amide bonds. The topological polar surface area (TPSA) is 101 Å². The maximum Gasteiger partial charge on any atom is 0.264 e. The number of carbonyl (C=O) groups excluding carboxylic acids is 3. The number of aromatic nitrogens is 2. The minimum Gasteiger partial charge on any atom is -0.484 e. The van der Waals surface area contributed by atoms with E-state index in [2.05, 4.69) is 15.5 Å². The van der Waals surface area contributed by atoms with Gasteiger partial charge >= 0.3 is 0 Å². The minimum absolute atomic E-state index is 0.146. The highest BCUT2D eigenvalue weighted by atomic mass is 32.1. The molecule has 0 spiro atoms. The first-order valence-electron chi connectivity index (χ1n) is 9.70. The zero-order valence-corrected chi connectivity index (χ0v) is 17.9. The highest BCUT2D eigenvalue weighted by Gasteiger charge is 2.34. The van der Waals surface area contributed by atoms with E-state index in [1.54, 1.807) is 24.3 Å². The molecule has 0 saturated carbocycles. The van der Waals surface area contributed by atoms with Crippen LogP contribution in [0.5, 0.6) is 5.75 Å². The molecule has 0 aliphatic carbocycles. The Kier molecular flexibility index (Phi) is 5.77. The lowest BCUT2D eigenvalue weighted by molar-refractivity contribution is -0.118. The van der Waals surface area contributed by atoms with Gasteiger partial charge in [0.1, 0.15) is 10.8 Å². The lowest BCUT2D eigenvalue weighted by Crippen LogP contribution is -2.31. The standard InChI is InChI=1S/C22H20N4O4S/c1-13-7-8-15(11-14(13)2)30-12-18(27)23-22-25-24-19(31-22)9-10-26-20(28)16-5-3-4-6-17(16)21(26)29/h3-8,11H,9-10,12H2,1-2H3,(H,23,25,27). The van der Waals surface area contributed by atoms with Gasteiger partial charge in [-0.1, -0.05) is 29.5 Å². The number of carbonyl (C=O) groups is 3. The number of imide groups is 1. The summed E-state index contributed by atoms with van der Waals surface area (Å²) in [6, 6.07) is 12.4. The zero-order valence-electron chi connectivity index (χ0n) is 17.0. The van der Waals surface area contributed by atoms with Crippen LogP contribution in [0, 0.1) is 13.8 Å². The Hall–Kier alpha value is -3.59. The Bertz CT molecular complexity index is 1140. The fourth-order valence-electron chi connectivity index (χ4n) is 3.16. The van der Waals surface area contributed by atoms with Gasteiger partial charge in [0, 0.05) is 13.0 Å². The van der Waals surface area contributed by atoms with Crippen molar-refractivity contribution in [2.45, 2.75) is 20.3 Å². The number of hydrogen-bond acceptors (Lipinski definition) is 7. The summed E-state index contributed by atoms with van der Waals surface area (Å²) in [5.74, 6) is -0.331. The van der Waals surface area contributed by atoms with E-state index in [1.807, 2.05) is 32.0 Å². The zero-order chi connectivity index (χ0) is 22.0. The smallest absolute Gasteiger partial charge is 0.264 e. The predicted octanol–water partition coefficient (Wildman–Crippen LogP) is 3.01. The van der Waals surface area contributed by atoms with Crippen LogP contribution in [0.2, 0.25) is 0 Å². The fourth-order valence-corrected chi connectivity index (χ4v) is 3.91. The average molecular weight is 436 g/mol. The van der Waals surface area contributed by atoms with Crippen LogP contribution < -0.4 is 10.1 Å². The second-order valence-electron chi connectivity index (χ2n) is 7.14. The van der Waals surface area contributed by atoms with E-state index in [0.717, 1.165) is 11.1 Å². The van der Waals surface area contributed by atoms with E-state index < -0.39 is 0 Å². The molecule has 0 fully saturated rings.